The number of fused-ring (bicyclic) bond motifs is 2. The summed E-state index contributed by atoms with van der Waals surface area (Å²) in [7, 11) is 0. The Morgan fingerprint density at radius 2 is 1.86 bits per heavy atom. The lowest BCUT2D eigenvalue weighted by Crippen LogP contribution is -2.40. The molecule has 2 aliphatic rings. The van der Waals surface area contributed by atoms with Crippen molar-refractivity contribution in [3.8, 4) is 11.3 Å². The van der Waals surface area contributed by atoms with Crippen LogP contribution in [0.3, 0.4) is 0 Å². The second kappa shape index (κ2) is 8.52. The van der Waals surface area contributed by atoms with Gasteiger partial charge in [-0.25, -0.2) is 18.3 Å². The molecule has 1 fully saturated rings. The summed E-state index contributed by atoms with van der Waals surface area (Å²) in [5.41, 5.74) is 3.91. The van der Waals surface area contributed by atoms with Gasteiger partial charge in [0.15, 0.2) is 5.65 Å². The largest absolute Gasteiger partial charge is 0.327 e. The maximum atomic E-state index is 15.0. The normalized spacial score (nSPS) is 20.1. The molecule has 1 saturated carbocycles. The fourth-order valence-corrected chi connectivity index (χ4v) is 5.44. The molecule has 4 aromatic rings. The summed E-state index contributed by atoms with van der Waals surface area (Å²) >= 11 is 3.29. The predicted octanol–water partition coefficient (Wildman–Crippen LogP) is 6.79. The summed E-state index contributed by atoms with van der Waals surface area (Å²) in [6.45, 7) is 1.90. The lowest BCUT2D eigenvalue weighted by atomic mass is 9.82. The fraction of sp³-hybridized carbons (Fsp3) is 0.296. The first-order valence-corrected chi connectivity index (χ1v) is 12.6. The maximum absolute atomic E-state index is 15.0. The average Bonchev–Trinajstić information content (AvgIpc) is 3.24. The van der Waals surface area contributed by atoms with Gasteiger partial charge < -0.3 is 4.90 Å². The summed E-state index contributed by atoms with van der Waals surface area (Å²) in [5.74, 6) is -0.447. The lowest BCUT2D eigenvalue weighted by Gasteiger charge is -2.37. The molecule has 6 rings (SSSR count). The topological polar surface area (TPSA) is 50.5 Å². The number of hydrogen-bond acceptors (Lipinski definition) is 3. The molecule has 5 nitrogen and oxygen atoms in total. The number of halogens is 3. The number of carbonyl (C=O) groups is 1. The zero-order valence-corrected chi connectivity index (χ0v) is 20.7. The van der Waals surface area contributed by atoms with Gasteiger partial charge in [-0.2, -0.15) is 5.10 Å². The Bertz CT molecular complexity index is 1470. The van der Waals surface area contributed by atoms with E-state index in [4.69, 9.17) is 0 Å². The SMILES string of the molecule is C[C@@H]1c2ccccc2C(F)CN1C(=O)c1cc(C2CCC2)n2nc(-c3ccc(Br)cc3F)cc2n1. The van der Waals surface area contributed by atoms with Crippen LogP contribution in [0.25, 0.3) is 16.9 Å². The molecule has 0 spiro atoms. The minimum absolute atomic E-state index is 0.0166. The van der Waals surface area contributed by atoms with Crippen molar-refractivity contribution in [2.45, 2.75) is 44.3 Å². The monoisotopic (exact) mass is 536 g/mol. The van der Waals surface area contributed by atoms with Crippen molar-refractivity contribution in [2.24, 2.45) is 0 Å². The molecule has 1 aliphatic carbocycles. The second-order valence-electron chi connectivity index (χ2n) is 9.35. The molecule has 178 valence electrons. The highest BCUT2D eigenvalue weighted by atomic mass is 79.9. The minimum Gasteiger partial charge on any atom is -0.327 e. The van der Waals surface area contributed by atoms with Crippen molar-refractivity contribution in [1.82, 2.24) is 19.5 Å². The van der Waals surface area contributed by atoms with E-state index in [2.05, 4.69) is 26.0 Å². The Kier molecular flexibility index (Phi) is 5.44. The Morgan fingerprint density at radius 1 is 1.09 bits per heavy atom. The number of hydrogen-bond donors (Lipinski definition) is 0. The third-order valence-electron chi connectivity index (χ3n) is 7.27. The van der Waals surface area contributed by atoms with Crippen LogP contribution in [0.4, 0.5) is 8.78 Å². The van der Waals surface area contributed by atoms with Gasteiger partial charge in [0, 0.05) is 27.7 Å². The van der Waals surface area contributed by atoms with Crippen molar-refractivity contribution in [1.29, 1.82) is 0 Å². The molecule has 2 atom stereocenters. The van der Waals surface area contributed by atoms with E-state index in [9.17, 15) is 13.6 Å². The van der Waals surface area contributed by atoms with Crippen molar-refractivity contribution in [2.75, 3.05) is 6.54 Å². The van der Waals surface area contributed by atoms with Gasteiger partial charge in [-0.05, 0) is 55.2 Å². The van der Waals surface area contributed by atoms with E-state index in [0.29, 0.717) is 26.9 Å². The van der Waals surface area contributed by atoms with Crippen LogP contribution in [0.1, 0.15) is 71.6 Å². The molecular formula is C27H23BrF2N4O. The number of alkyl halides is 1. The average molecular weight is 537 g/mol. The third kappa shape index (κ3) is 3.75. The number of nitrogens with zero attached hydrogens (tertiary/aromatic N) is 4. The Hall–Kier alpha value is -3.13. The van der Waals surface area contributed by atoms with Crippen LogP contribution in [0, 0.1) is 5.82 Å². The summed E-state index contributed by atoms with van der Waals surface area (Å²) in [5, 5.41) is 4.66. The molecular weight excluding hydrogens is 514 g/mol. The van der Waals surface area contributed by atoms with Gasteiger partial charge in [-0.15, -0.1) is 0 Å². The molecule has 2 aromatic heterocycles. The molecule has 0 saturated heterocycles. The Balaban J connectivity index is 1.43. The number of carbonyl (C=O) groups excluding carboxylic acids is 1. The highest BCUT2D eigenvalue weighted by molar-refractivity contribution is 9.10. The van der Waals surface area contributed by atoms with Gasteiger partial charge >= 0.3 is 0 Å². The first kappa shape index (κ1) is 22.3. The van der Waals surface area contributed by atoms with Crippen molar-refractivity contribution in [3.63, 3.8) is 0 Å². The Morgan fingerprint density at radius 3 is 2.57 bits per heavy atom. The molecule has 1 aliphatic heterocycles. The lowest BCUT2D eigenvalue weighted by molar-refractivity contribution is 0.0584. The predicted molar refractivity (Wildman–Crippen MR) is 132 cm³/mol. The van der Waals surface area contributed by atoms with Gasteiger partial charge in [0.25, 0.3) is 5.91 Å². The maximum Gasteiger partial charge on any atom is 0.273 e. The van der Waals surface area contributed by atoms with Gasteiger partial charge in [0.1, 0.15) is 17.7 Å². The van der Waals surface area contributed by atoms with E-state index in [0.717, 1.165) is 30.5 Å². The van der Waals surface area contributed by atoms with Crippen LogP contribution >= 0.6 is 15.9 Å². The molecule has 2 aromatic carbocycles. The molecule has 1 unspecified atom stereocenters. The van der Waals surface area contributed by atoms with Crippen LogP contribution < -0.4 is 0 Å². The summed E-state index contributed by atoms with van der Waals surface area (Å²) in [6, 6.07) is 15.4. The smallest absolute Gasteiger partial charge is 0.273 e. The molecule has 35 heavy (non-hydrogen) atoms. The van der Waals surface area contributed by atoms with E-state index >= 15 is 0 Å². The molecule has 3 heterocycles. The number of rotatable bonds is 3. The molecule has 0 radical (unpaired) electrons. The minimum atomic E-state index is -1.25. The fourth-order valence-electron chi connectivity index (χ4n) is 5.11. The first-order chi connectivity index (χ1) is 16.9. The first-order valence-electron chi connectivity index (χ1n) is 11.8. The highest BCUT2D eigenvalue weighted by Gasteiger charge is 2.35. The standard InChI is InChI=1S/C27H23BrF2N4O/c1-15-18-7-2-3-8-19(18)22(30)14-33(15)27(35)24-12-25(16-5-4-6-16)34-26(31-24)13-23(32-34)20-10-9-17(28)11-21(20)29/h2-3,7-13,15-16,22H,4-6,14H2,1H3/t15-,22?/m1/s1. The summed E-state index contributed by atoms with van der Waals surface area (Å²) in [4.78, 5) is 19.8. The van der Waals surface area contributed by atoms with E-state index in [1.807, 2.05) is 25.1 Å². The summed E-state index contributed by atoms with van der Waals surface area (Å²) in [6.07, 6.45) is 1.85. The number of benzene rings is 2. The third-order valence-corrected chi connectivity index (χ3v) is 7.77. The van der Waals surface area contributed by atoms with Gasteiger partial charge in [0.05, 0.1) is 18.3 Å². The quantitative estimate of drug-likeness (QED) is 0.289. The molecule has 1 amide bonds. The highest BCUT2D eigenvalue weighted by Crippen LogP contribution is 2.39. The van der Waals surface area contributed by atoms with E-state index < -0.39 is 6.17 Å². The number of aromatic nitrogens is 3. The molecule has 8 heteroatoms. The zero-order valence-electron chi connectivity index (χ0n) is 19.1. The van der Waals surface area contributed by atoms with Gasteiger partial charge in [-0.1, -0.05) is 46.6 Å². The van der Waals surface area contributed by atoms with Crippen molar-refractivity contribution >= 4 is 27.5 Å². The van der Waals surface area contributed by atoms with Crippen LogP contribution in [0.5, 0.6) is 0 Å². The van der Waals surface area contributed by atoms with E-state index in [-0.39, 0.29) is 35.9 Å². The van der Waals surface area contributed by atoms with Crippen LogP contribution in [0.2, 0.25) is 0 Å². The van der Waals surface area contributed by atoms with Gasteiger partial charge in [-0.3, -0.25) is 4.79 Å². The van der Waals surface area contributed by atoms with Crippen LogP contribution in [-0.4, -0.2) is 31.9 Å². The van der Waals surface area contributed by atoms with E-state index in [1.165, 1.54) is 6.07 Å². The molecule has 0 N–H and O–H groups in total. The Labute approximate surface area is 209 Å². The van der Waals surface area contributed by atoms with Gasteiger partial charge in [0.2, 0.25) is 0 Å². The van der Waals surface area contributed by atoms with Crippen LogP contribution in [-0.2, 0) is 0 Å². The van der Waals surface area contributed by atoms with Crippen LogP contribution in [0.15, 0.2) is 59.1 Å². The number of amides is 1. The van der Waals surface area contributed by atoms with Crippen molar-refractivity contribution < 1.29 is 13.6 Å². The van der Waals surface area contributed by atoms with E-state index in [1.54, 1.807) is 39.7 Å². The zero-order chi connectivity index (χ0) is 24.3. The molecule has 0 bridgehead atoms. The summed E-state index contributed by atoms with van der Waals surface area (Å²) < 4.78 is 32.0. The second-order valence-corrected chi connectivity index (χ2v) is 10.3. The van der Waals surface area contributed by atoms with Crippen molar-refractivity contribution in [3.05, 3.63) is 87.4 Å².